The smallest absolute Gasteiger partial charge is 0.414 e. The topological polar surface area (TPSA) is 29.5 Å². The quantitative estimate of drug-likeness (QED) is 0.778. The van der Waals surface area contributed by atoms with Crippen LogP contribution in [0.1, 0.15) is 5.56 Å². The molecular weight excluding hydrogens is 238 g/mol. The van der Waals surface area contributed by atoms with Gasteiger partial charge in [0.15, 0.2) is 0 Å². The van der Waals surface area contributed by atoms with Crippen LogP contribution in [0.15, 0.2) is 48.5 Å². The number of amides is 1. The molecule has 2 aromatic carbocycles. The van der Waals surface area contributed by atoms with Crippen LogP contribution in [-0.2, 0) is 11.2 Å². The SMILES string of the molecule is COC(=O)N1CCc2cccc(-c3ccccc3)c21. The van der Waals surface area contributed by atoms with Gasteiger partial charge in [-0.15, -0.1) is 0 Å². The van der Waals surface area contributed by atoms with Crippen LogP contribution in [0, 0.1) is 0 Å². The lowest BCUT2D eigenvalue weighted by molar-refractivity contribution is 0.179. The predicted octanol–water partition coefficient (Wildman–Crippen LogP) is 3.48. The molecule has 0 saturated heterocycles. The van der Waals surface area contributed by atoms with Gasteiger partial charge in [0.2, 0.25) is 0 Å². The summed E-state index contributed by atoms with van der Waals surface area (Å²) in [6.45, 7) is 0.686. The van der Waals surface area contributed by atoms with Crippen LogP contribution in [0.4, 0.5) is 10.5 Å². The molecule has 1 aliphatic heterocycles. The molecule has 0 radical (unpaired) electrons. The Bertz CT molecular complexity index is 607. The number of anilines is 1. The Balaban J connectivity index is 2.14. The van der Waals surface area contributed by atoms with Gasteiger partial charge in [-0.1, -0.05) is 48.5 Å². The molecule has 19 heavy (non-hydrogen) atoms. The second kappa shape index (κ2) is 4.76. The predicted molar refractivity (Wildman–Crippen MR) is 75.3 cm³/mol. The van der Waals surface area contributed by atoms with Crippen molar-refractivity contribution in [3.05, 3.63) is 54.1 Å². The molecular formula is C16H15NO2. The third-order valence-electron chi connectivity index (χ3n) is 3.47. The van der Waals surface area contributed by atoms with Crippen LogP contribution in [0.3, 0.4) is 0 Å². The van der Waals surface area contributed by atoms with E-state index < -0.39 is 0 Å². The van der Waals surface area contributed by atoms with Gasteiger partial charge >= 0.3 is 6.09 Å². The van der Waals surface area contributed by atoms with E-state index in [9.17, 15) is 4.79 Å². The molecule has 3 nitrogen and oxygen atoms in total. The monoisotopic (exact) mass is 253 g/mol. The molecule has 0 bridgehead atoms. The normalized spacial score (nSPS) is 13.2. The first-order valence-corrected chi connectivity index (χ1v) is 6.34. The van der Waals surface area contributed by atoms with Crippen molar-refractivity contribution in [2.75, 3.05) is 18.6 Å². The third kappa shape index (κ3) is 1.97. The molecule has 0 N–H and O–H groups in total. The average molecular weight is 253 g/mol. The number of carbonyl (C=O) groups is 1. The van der Waals surface area contributed by atoms with E-state index in [-0.39, 0.29) is 6.09 Å². The highest BCUT2D eigenvalue weighted by molar-refractivity contribution is 5.96. The highest BCUT2D eigenvalue weighted by atomic mass is 16.5. The summed E-state index contributed by atoms with van der Waals surface area (Å²) < 4.78 is 4.87. The number of fused-ring (bicyclic) bond motifs is 1. The molecule has 3 heteroatoms. The van der Waals surface area contributed by atoms with Crippen molar-refractivity contribution in [2.24, 2.45) is 0 Å². The standard InChI is InChI=1S/C16H15NO2/c1-19-16(18)17-11-10-13-8-5-9-14(15(13)17)12-6-3-2-4-7-12/h2-9H,10-11H2,1H3. The largest absolute Gasteiger partial charge is 0.452 e. The minimum Gasteiger partial charge on any atom is -0.452 e. The highest BCUT2D eigenvalue weighted by Crippen LogP contribution is 2.38. The van der Waals surface area contributed by atoms with Gasteiger partial charge in [0.1, 0.15) is 0 Å². The molecule has 0 fully saturated rings. The van der Waals surface area contributed by atoms with Gasteiger partial charge in [-0.25, -0.2) is 4.79 Å². The van der Waals surface area contributed by atoms with Crippen LogP contribution in [0.2, 0.25) is 0 Å². The molecule has 96 valence electrons. The van der Waals surface area contributed by atoms with Gasteiger partial charge in [-0.3, -0.25) is 4.90 Å². The molecule has 0 aliphatic carbocycles. The number of hydrogen-bond donors (Lipinski definition) is 0. The molecule has 2 aromatic rings. The lowest BCUT2D eigenvalue weighted by Crippen LogP contribution is -2.28. The molecule has 0 saturated carbocycles. The van der Waals surface area contributed by atoms with Crippen molar-refractivity contribution in [1.29, 1.82) is 0 Å². The highest BCUT2D eigenvalue weighted by Gasteiger charge is 2.27. The van der Waals surface area contributed by atoms with Crippen molar-refractivity contribution in [1.82, 2.24) is 0 Å². The summed E-state index contributed by atoms with van der Waals surface area (Å²) in [6.07, 6.45) is 0.590. The fraction of sp³-hybridized carbons (Fsp3) is 0.188. The van der Waals surface area contributed by atoms with Crippen LogP contribution >= 0.6 is 0 Å². The summed E-state index contributed by atoms with van der Waals surface area (Å²) in [7, 11) is 1.42. The van der Waals surface area contributed by atoms with Gasteiger partial charge < -0.3 is 4.74 Å². The van der Waals surface area contributed by atoms with Gasteiger partial charge in [0, 0.05) is 12.1 Å². The summed E-state index contributed by atoms with van der Waals surface area (Å²) in [6, 6.07) is 16.3. The van der Waals surface area contributed by atoms with Crippen LogP contribution in [0.25, 0.3) is 11.1 Å². The lowest BCUT2D eigenvalue weighted by atomic mass is 10.0. The van der Waals surface area contributed by atoms with Crippen LogP contribution < -0.4 is 4.90 Å². The van der Waals surface area contributed by atoms with Gasteiger partial charge in [0.25, 0.3) is 0 Å². The number of hydrogen-bond acceptors (Lipinski definition) is 2. The Labute approximate surface area is 112 Å². The fourth-order valence-electron chi connectivity index (χ4n) is 2.60. The van der Waals surface area contributed by atoms with Crippen molar-refractivity contribution in [2.45, 2.75) is 6.42 Å². The second-order valence-electron chi connectivity index (χ2n) is 4.55. The minimum absolute atomic E-state index is 0.290. The Morgan fingerprint density at radius 3 is 2.63 bits per heavy atom. The third-order valence-corrected chi connectivity index (χ3v) is 3.47. The Morgan fingerprint density at radius 2 is 1.89 bits per heavy atom. The van der Waals surface area contributed by atoms with E-state index in [1.165, 1.54) is 12.7 Å². The van der Waals surface area contributed by atoms with E-state index in [1.807, 2.05) is 24.3 Å². The zero-order valence-corrected chi connectivity index (χ0v) is 10.8. The first-order chi connectivity index (χ1) is 9.31. The molecule has 1 amide bonds. The van der Waals surface area contributed by atoms with Crippen molar-refractivity contribution in [3.63, 3.8) is 0 Å². The maximum absolute atomic E-state index is 11.9. The minimum atomic E-state index is -0.290. The summed E-state index contributed by atoms with van der Waals surface area (Å²) in [5, 5.41) is 0. The molecule has 0 aromatic heterocycles. The van der Waals surface area contributed by atoms with E-state index in [0.29, 0.717) is 6.54 Å². The number of benzene rings is 2. The number of nitrogens with zero attached hydrogens (tertiary/aromatic N) is 1. The molecule has 1 aliphatic rings. The van der Waals surface area contributed by atoms with E-state index in [2.05, 4.69) is 24.3 Å². The van der Waals surface area contributed by atoms with Gasteiger partial charge in [-0.05, 0) is 17.5 Å². The van der Waals surface area contributed by atoms with E-state index >= 15 is 0 Å². The zero-order valence-electron chi connectivity index (χ0n) is 10.8. The maximum Gasteiger partial charge on any atom is 0.414 e. The number of carbonyl (C=O) groups excluding carboxylic acids is 1. The van der Waals surface area contributed by atoms with Gasteiger partial charge in [0.05, 0.1) is 12.8 Å². The number of rotatable bonds is 1. The summed E-state index contributed by atoms with van der Waals surface area (Å²) in [5.74, 6) is 0. The van der Waals surface area contributed by atoms with Crippen LogP contribution in [0.5, 0.6) is 0 Å². The molecule has 3 rings (SSSR count). The average Bonchev–Trinajstić information content (AvgIpc) is 2.91. The van der Waals surface area contributed by atoms with Crippen molar-refractivity contribution in [3.8, 4) is 11.1 Å². The molecule has 0 atom stereocenters. The number of methoxy groups -OCH3 is 1. The van der Waals surface area contributed by atoms with E-state index in [0.717, 1.165) is 23.2 Å². The molecule has 1 heterocycles. The summed E-state index contributed by atoms with van der Waals surface area (Å²) in [4.78, 5) is 13.6. The second-order valence-corrected chi connectivity index (χ2v) is 4.55. The van der Waals surface area contributed by atoms with Crippen molar-refractivity contribution >= 4 is 11.8 Å². The fourth-order valence-corrected chi connectivity index (χ4v) is 2.60. The van der Waals surface area contributed by atoms with E-state index in [1.54, 1.807) is 4.90 Å². The number of para-hydroxylation sites is 1. The molecule has 0 spiro atoms. The van der Waals surface area contributed by atoms with Crippen molar-refractivity contribution < 1.29 is 9.53 Å². The first kappa shape index (κ1) is 11.8. The molecule has 0 unspecified atom stereocenters. The zero-order chi connectivity index (χ0) is 13.2. The van der Waals surface area contributed by atoms with Crippen LogP contribution in [-0.4, -0.2) is 19.7 Å². The summed E-state index contributed by atoms with van der Waals surface area (Å²) in [5.41, 5.74) is 4.39. The lowest BCUT2D eigenvalue weighted by Gasteiger charge is -2.19. The van der Waals surface area contributed by atoms with Gasteiger partial charge in [-0.2, -0.15) is 0 Å². The summed E-state index contributed by atoms with van der Waals surface area (Å²) >= 11 is 0. The number of ether oxygens (including phenoxy) is 1. The first-order valence-electron chi connectivity index (χ1n) is 6.34. The Hall–Kier alpha value is -2.29. The van der Waals surface area contributed by atoms with E-state index in [4.69, 9.17) is 4.74 Å². The Morgan fingerprint density at radius 1 is 1.11 bits per heavy atom. The Kier molecular flexibility index (Phi) is 2.95. The maximum atomic E-state index is 11.9.